The van der Waals surface area contributed by atoms with E-state index in [2.05, 4.69) is 38.1 Å². The second kappa shape index (κ2) is 7.43. The van der Waals surface area contributed by atoms with Gasteiger partial charge in [0.2, 0.25) is 0 Å². The quantitative estimate of drug-likeness (QED) is 0.712. The van der Waals surface area contributed by atoms with E-state index in [9.17, 15) is 0 Å². The monoisotopic (exact) mass is 301 g/mol. The van der Waals surface area contributed by atoms with E-state index in [0.29, 0.717) is 5.02 Å². The van der Waals surface area contributed by atoms with Crippen LogP contribution in [-0.4, -0.2) is 36.6 Å². The summed E-state index contributed by atoms with van der Waals surface area (Å²) >= 11 is 5.83. The minimum Gasteiger partial charge on any atom is -0.384 e. The molecule has 1 rings (SSSR count). The molecular weight excluding hydrogens is 274 g/mol. The average molecular weight is 302 g/mol. The van der Waals surface area contributed by atoms with Gasteiger partial charge in [-0.25, -0.2) is 0 Å². The van der Waals surface area contributed by atoms with Crippen LogP contribution in [-0.2, 0) is 11.3 Å². The lowest BCUT2D eigenvalue weighted by Gasteiger charge is -2.34. The molecule has 0 aliphatic carbocycles. The largest absolute Gasteiger partial charge is 0.384 e. The zero-order valence-corrected chi connectivity index (χ0v) is 14.1. The number of halogens is 1. The number of ether oxygens (including phenoxy) is 1. The Bertz CT molecular complexity index is 402. The Labute approximate surface area is 127 Å². The summed E-state index contributed by atoms with van der Waals surface area (Å²) in [5.74, 6) is 0. The molecule has 1 aromatic rings. The van der Waals surface area contributed by atoms with Crippen molar-refractivity contribution in [1.82, 2.24) is 15.1 Å². The smallest absolute Gasteiger partial charge is 0.0785 e. The van der Waals surface area contributed by atoms with Crippen molar-refractivity contribution < 1.29 is 4.74 Å². The predicted molar refractivity (Wildman–Crippen MR) is 84.2 cm³/mol. The molecule has 0 saturated heterocycles. The molecule has 5 heteroatoms. The van der Waals surface area contributed by atoms with Crippen LogP contribution < -0.4 is 5.32 Å². The number of aromatic nitrogens is 2. The number of rotatable bonds is 9. The molecule has 20 heavy (non-hydrogen) atoms. The molecule has 1 heterocycles. The van der Waals surface area contributed by atoms with Crippen LogP contribution in [0.3, 0.4) is 0 Å². The summed E-state index contributed by atoms with van der Waals surface area (Å²) in [4.78, 5) is 0. The van der Waals surface area contributed by atoms with Crippen LogP contribution in [0.1, 0.15) is 34.1 Å². The number of methoxy groups -OCH3 is 1. The maximum absolute atomic E-state index is 5.83. The molecular formula is C15H28ClN3O. The molecule has 0 spiro atoms. The van der Waals surface area contributed by atoms with E-state index in [1.165, 1.54) is 0 Å². The van der Waals surface area contributed by atoms with Gasteiger partial charge in [0.25, 0.3) is 0 Å². The van der Waals surface area contributed by atoms with Crippen molar-refractivity contribution in [2.24, 2.45) is 10.8 Å². The van der Waals surface area contributed by atoms with E-state index >= 15 is 0 Å². The molecule has 4 nitrogen and oxygen atoms in total. The lowest BCUT2D eigenvalue weighted by molar-refractivity contribution is 0.0675. The van der Waals surface area contributed by atoms with Crippen LogP contribution in [0, 0.1) is 10.8 Å². The fourth-order valence-electron chi connectivity index (χ4n) is 2.88. The highest BCUT2D eigenvalue weighted by atomic mass is 35.5. The standard InChI is InChI=1S/C15H28ClN3O/c1-14(2,10-15(3,4)12-20-5)11-17-6-7-19-9-13(16)8-18-19/h8-9,17H,6-7,10-12H2,1-5H3. The van der Waals surface area contributed by atoms with Gasteiger partial charge < -0.3 is 10.1 Å². The van der Waals surface area contributed by atoms with Crippen molar-refractivity contribution in [3.63, 3.8) is 0 Å². The zero-order chi connectivity index (χ0) is 15.2. The maximum Gasteiger partial charge on any atom is 0.0785 e. The van der Waals surface area contributed by atoms with Crippen LogP contribution in [0.25, 0.3) is 0 Å². The summed E-state index contributed by atoms with van der Waals surface area (Å²) in [6, 6.07) is 0. The summed E-state index contributed by atoms with van der Waals surface area (Å²) in [6.45, 7) is 12.6. The first kappa shape index (κ1) is 17.5. The second-order valence-corrected chi connectivity index (χ2v) is 7.47. The minimum atomic E-state index is 0.204. The SMILES string of the molecule is COCC(C)(C)CC(C)(C)CNCCn1cc(Cl)cn1. The van der Waals surface area contributed by atoms with Crippen LogP contribution in [0.15, 0.2) is 12.4 Å². The van der Waals surface area contributed by atoms with Crippen LogP contribution in [0.4, 0.5) is 0 Å². The average Bonchev–Trinajstić information content (AvgIpc) is 2.69. The third kappa shape index (κ3) is 6.73. The number of hydrogen-bond acceptors (Lipinski definition) is 3. The minimum absolute atomic E-state index is 0.204. The lowest BCUT2D eigenvalue weighted by atomic mass is 9.75. The summed E-state index contributed by atoms with van der Waals surface area (Å²) in [7, 11) is 1.77. The predicted octanol–water partition coefficient (Wildman–Crippen LogP) is 3.22. The van der Waals surface area contributed by atoms with Gasteiger partial charge in [-0.3, -0.25) is 4.68 Å². The molecule has 0 saturated carbocycles. The maximum atomic E-state index is 5.83. The molecule has 0 radical (unpaired) electrons. The summed E-state index contributed by atoms with van der Waals surface area (Å²) in [5.41, 5.74) is 0.444. The first-order valence-corrected chi connectivity index (χ1v) is 7.50. The third-order valence-corrected chi connectivity index (χ3v) is 3.41. The molecule has 1 N–H and O–H groups in total. The molecule has 0 amide bonds. The Kier molecular flexibility index (Phi) is 6.49. The van der Waals surface area contributed by atoms with Crippen molar-refractivity contribution in [1.29, 1.82) is 0 Å². The Balaban J connectivity index is 2.28. The summed E-state index contributed by atoms with van der Waals surface area (Å²) < 4.78 is 7.15. The van der Waals surface area contributed by atoms with E-state index in [4.69, 9.17) is 16.3 Å². The zero-order valence-electron chi connectivity index (χ0n) is 13.4. The van der Waals surface area contributed by atoms with Gasteiger partial charge in [-0.1, -0.05) is 39.3 Å². The number of nitrogens with one attached hydrogen (secondary N) is 1. The fourth-order valence-corrected chi connectivity index (χ4v) is 3.04. The highest BCUT2D eigenvalue weighted by Gasteiger charge is 2.28. The molecule has 0 fully saturated rings. The van der Waals surface area contributed by atoms with Crippen LogP contribution >= 0.6 is 11.6 Å². The first-order chi connectivity index (χ1) is 9.24. The fraction of sp³-hybridized carbons (Fsp3) is 0.800. The molecule has 0 bridgehead atoms. The van der Waals surface area contributed by atoms with Crippen molar-refractivity contribution in [2.75, 3.05) is 26.8 Å². The van der Waals surface area contributed by atoms with Crippen molar-refractivity contribution in [3.05, 3.63) is 17.4 Å². The van der Waals surface area contributed by atoms with E-state index in [1.54, 1.807) is 13.3 Å². The van der Waals surface area contributed by atoms with Gasteiger partial charge in [0.15, 0.2) is 0 Å². The van der Waals surface area contributed by atoms with Crippen molar-refractivity contribution in [3.8, 4) is 0 Å². The highest BCUT2D eigenvalue weighted by Crippen LogP contribution is 2.33. The van der Waals surface area contributed by atoms with Gasteiger partial charge in [0, 0.05) is 26.4 Å². The summed E-state index contributed by atoms with van der Waals surface area (Å²) in [5, 5.41) is 8.35. The third-order valence-electron chi connectivity index (χ3n) is 3.22. The molecule has 0 atom stereocenters. The Morgan fingerprint density at radius 1 is 1.30 bits per heavy atom. The molecule has 0 aromatic carbocycles. The van der Waals surface area contributed by atoms with Gasteiger partial charge in [-0.2, -0.15) is 5.10 Å². The van der Waals surface area contributed by atoms with E-state index < -0.39 is 0 Å². The highest BCUT2D eigenvalue weighted by molar-refractivity contribution is 6.30. The Hall–Kier alpha value is -0.580. The topological polar surface area (TPSA) is 39.1 Å². The van der Waals surface area contributed by atoms with Crippen LogP contribution in [0.2, 0.25) is 5.02 Å². The Morgan fingerprint density at radius 2 is 2.00 bits per heavy atom. The molecule has 0 aliphatic heterocycles. The van der Waals surface area contributed by atoms with Gasteiger partial charge in [0.05, 0.1) is 24.4 Å². The Morgan fingerprint density at radius 3 is 2.55 bits per heavy atom. The molecule has 116 valence electrons. The van der Waals surface area contributed by atoms with E-state index in [1.807, 2.05) is 10.9 Å². The number of hydrogen-bond donors (Lipinski definition) is 1. The van der Waals surface area contributed by atoms with Gasteiger partial charge in [-0.05, 0) is 17.3 Å². The number of nitrogens with zero attached hydrogens (tertiary/aromatic N) is 2. The molecule has 0 unspecified atom stereocenters. The summed E-state index contributed by atoms with van der Waals surface area (Å²) in [6.07, 6.45) is 4.63. The lowest BCUT2D eigenvalue weighted by Crippen LogP contribution is -2.36. The van der Waals surface area contributed by atoms with Gasteiger partial charge in [0.1, 0.15) is 0 Å². The van der Waals surface area contributed by atoms with Crippen molar-refractivity contribution >= 4 is 11.6 Å². The normalized spacial score (nSPS) is 12.9. The van der Waals surface area contributed by atoms with E-state index in [-0.39, 0.29) is 10.8 Å². The van der Waals surface area contributed by atoms with E-state index in [0.717, 1.165) is 32.7 Å². The van der Waals surface area contributed by atoms with Gasteiger partial charge >= 0.3 is 0 Å². The van der Waals surface area contributed by atoms with Crippen molar-refractivity contribution in [2.45, 2.75) is 40.7 Å². The molecule has 0 aliphatic rings. The first-order valence-electron chi connectivity index (χ1n) is 7.12. The van der Waals surface area contributed by atoms with Gasteiger partial charge in [-0.15, -0.1) is 0 Å². The second-order valence-electron chi connectivity index (χ2n) is 7.04. The van der Waals surface area contributed by atoms with Crippen LogP contribution in [0.5, 0.6) is 0 Å². The molecule has 1 aromatic heterocycles.